The van der Waals surface area contributed by atoms with Crippen LogP contribution < -0.4 is 49.1 Å². The van der Waals surface area contributed by atoms with Gasteiger partial charge in [0.05, 0.1) is 38.7 Å². The number of nitrogens with zero attached hydrogens (tertiary/aromatic N) is 5. The summed E-state index contributed by atoms with van der Waals surface area (Å²) in [5.41, 5.74) is 18.2. The number of benzene rings is 2. The van der Waals surface area contributed by atoms with Crippen LogP contribution >= 0.6 is 12.6 Å². The van der Waals surface area contributed by atoms with E-state index in [1.54, 1.807) is 57.3 Å². The first-order valence-corrected chi connectivity index (χ1v) is 29.3. The molecule has 15 N–H and O–H groups in total. The molecule has 3 rings (SSSR count). The second kappa shape index (κ2) is 36.2. The number of aliphatic imine (C=N–C) groups is 1. The van der Waals surface area contributed by atoms with Crippen molar-refractivity contribution in [3.8, 4) is 0 Å². The molecule has 0 radical (unpaired) electrons. The van der Waals surface area contributed by atoms with Crippen molar-refractivity contribution in [2.75, 3.05) is 66.7 Å². The van der Waals surface area contributed by atoms with Crippen molar-refractivity contribution in [3.63, 3.8) is 0 Å². The number of nitrogens with one attached hydrogen (secondary N) is 7. The lowest BCUT2D eigenvalue weighted by atomic mass is 9.86. The maximum absolute atomic E-state index is 14.5. The van der Waals surface area contributed by atoms with Gasteiger partial charge in [-0.05, 0) is 42.9 Å². The van der Waals surface area contributed by atoms with Crippen LogP contribution in [0, 0.1) is 11.8 Å². The van der Waals surface area contributed by atoms with Gasteiger partial charge in [0.2, 0.25) is 65.0 Å². The summed E-state index contributed by atoms with van der Waals surface area (Å²) < 4.78 is 0. The second-order valence-corrected chi connectivity index (χ2v) is 22.0. The molecular formula is C58H85N15O15S. The number of thiol groups is 1. The molecule has 0 saturated heterocycles. The first kappa shape index (κ1) is 74.1. The number of nitrogens with two attached hydrogens (primary N) is 3. The molecule has 1 aromatic heterocycles. The van der Waals surface area contributed by atoms with E-state index in [0.717, 1.165) is 37.6 Å². The average molecular weight is 1260 g/mol. The van der Waals surface area contributed by atoms with Crippen LogP contribution in [-0.4, -0.2) is 227 Å². The quantitative estimate of drug-likeness (QED) is 0.0116. The molecule has 3 aromatic rings. The Morgan fingerprint density at radius 2 is 1.24 bits per heavy atom. The van der Waals surface area contributed by atoms with E-state index in [1.807, 2.05) is 24.3 Å². The summed E-state index contributed by atoms with van der Waals surface area (Å²) in [5, 5.41) is 35.9. The Balaban J connectivity index is 1.78. The Hall–Kier alpha value is -9.13. The number of aliphatic hydroxyl groups excluding tert-OH is 1. The molecule has 0 bridgehead atoms. The molecule has 0 aliphatic rings. The summed E-state index contributed by atoms with van der Waals surface area (Å²) in [6.45, 7) is 3.19. The summed E-state index contributed by atoms with van der Waals surface area (Å²) in [7, 11) is 5.08. The highest BCUT2D eigenvalue weighted by atomic mass is 32.1. The lowest BCUT2D eigenvalue weighted by molar-refractivity contribution is -0.147. The number of hydrogen-bond donors (Lipinski definition) is 13. The third-order valence-electron chi connectivity index (χ3n) is 14.7. The third kappa shape index (κ3) is 23.2. The minimum atomic E-state index is -1.71. The number of guanidine groups is 1. The highest BCUT2D eigenvalue weighted by Gasteiger charge is 2.39. The van der Waals surface area contributed by atoms with Crippen molar-refractivity contribution in [2.24, 2.45) is 34.0 Å². The molecule has 0 fully saturated rings. The normalized spacial score (nSPS) is 13.7. The number of rotatable bonds is 37. The van der Waals surface area contributed by atoms with E-state index in [4.69, 9.17) is 17.2 Å². The Kier molecular flexibility index (Phi) is 30.2. The van der Waals surface area contributed by atoms with Gasteiger partial charge in [-0.3, -0.25) is 67.3 Å². The number of para-hydroxylation sites is 1. The van der Waals surface area contributed by atoms with Gasteiger partial charge in [0.25, 0.3) is 0 Å². The van der Waals surface area contributed by atoms with Crippen molar-refractivity contribution in [1.82, 2.24) is 56.5 Å². The lowest BCUT2D eigenvalue weighted by Crippen LogP contribution is -2.58. The van der Waals surface area contributed by atoms with Gasteiger partial charge >= 0.3 is 5.97 Å². The first-order valence-electron chi connectivity index (χ1n) is 28.6. The summed E-state index contributed by atoms with van der Waals surface area (Å²) in [4.78, 5) is 185. The summed E-state index contributed by atoms with van der Waals surface area (Å²) >= 11 is 4.09. The van der Waals surface area contributed by atoms with E-state index < -0.39 is 170 Å². The van der Waals surface area contributed by atoms with Crippen LogP contribution in [0.5, 0.6) is 0 Å². The highest BCUT2D eigenvalue weighted by Crippen LogP contribution is 2.23. The summed E-state index contributed by atoms with van der Waals surface area (Å²) in [6, 6.07) is 6.15. The molecule has 0 spiro atoms. The van der Waals surface area contributed by atoms with Crippen molar-refractivity contribution in [2.45, 2.75) is 115 Å². The Bertz CT molecular complexity index is 3030. The number of aliphatic carboxylic acids is 1. The Labute approximate surface area is 521 Å². The molecule has 1 heterocycles. The molecule has 11 amide bonds. The molecule has 31 heteroatoms. The van der Waals surface area contributed by atoms with E-state index in [9.17, 15) is 72.5 Å². The fourth-order valence-electron chi connectivity index (χ4n) is 9.30. The zero-order valence-corrected chi connectivity index (χ0v) is 52.2. The maximum atomic E-state index is 14.5. The Morgan fingerprint density at radius 3 is 1.83 bits per heavy atom. The van der Waals surface area contributed by atoms with E-state index in [0.29, 0.717) is 11.1 Å². The topological polar surface area (TPSA) is 454 Å². The van der Waals surface area contributed by atoms with Gasteiger partial charge in [-0.1, -0.05) is 69.3 Å². The number of likely N-dealkylation sites (N-methyl/N-ethyl adjacent to an activating group) is 4. The number of fused-ring (bicyclic) bond motifs is 1. The fourth-order valence-corrected chi connectivity index (χ4v) is 9.56. The number of ketones is 1. The van der Waals surface area contributed by atoms with Crippen LogP contribution in [0.4, 0.5) is 0 Å². The van der Waals surface area contributed by atoms with Crippen LogP contribution in [-0.2, 0) is 75.2 Å². The number of aromatic amines is 1. The van der Waals surface area contributed by atoms with Crippen molar-refractivity contribution < 1.29 is 72.5 Å². The number of aliphatic hydroxyl groups is 1. The number of primary amides is 1. The first-order chi connectivity index (χ1) is 41.9. The van der Waals surface area contributed by atoms with Gasteiger partial charge < -0.3 is 83.9 Å². The minimum Gasteiger partial charge on any atom is -0.481 e. The molecule has 30 nitrogen and oxygen atoms in total. The number of amides is 11. The van der Waals surface area contributed by atoms with E-state index in [2.05, 4.69) is 54.5 Å². The van der Waals surface area contributed by atoms with Gasteiger partial charge in [0, 0.05) is 89.2 Å². The second-order valence-electron chi connectivity index (χ2n) is 21.6. The van der Waals surface area contributed by atoms with Crippen LogP contribution in [0.3, 0.4) is 0 Å². The van der Waals surface area contributed by atoms with Gasteiger partial charge in [0.15, 0.2) is 11.7 Å². The van der Waals surface area contributed by atoms with Crippen LogP contribution in [0.25, 0.3) is 10.9 Å². The number of carbonyl (C=O) groups excluding carboxylic acids is 12. The van der Waals surface area contributed by atoms with Gasteiger partial charge in [-0.15, -0.1) is 0 Å². The number of carboxylic acid groups (broad SMARTS) is 1. The number of H-pyrrole nitrogens is 1. The average Bonchev–Trinajstić information content (AvgIpc) is 2.26. The van der Waals surface area contributed by atoms with Crippen LogP contribution in [0.15, 0.2) is 65.8 Å². The maximum Gasteiger partial charge on any atom is 0.305 e. The number of Topliss-reactive ketones (excluding diaryl/α,β-unsaturated/α-hetero) is 1. The number of aromatic nitrogens is 1. The predicted molar refractivity (Wildman–Crippen MR) is 329 cm³/mol. The molecule has 8 atom stereocenters. The monoisotopic (exact) mass is 1260 g/mol. The molecule has 89 heavy (non-hydrogen) atoms. The predicted octanol–water partition coefficient (Wildman–Crippen LogP) is -3.34. The summed E-state index contributed by atoms with van der Waals surface area (Å²) in [5.74, 6) is -13.5. The van der Waals surface area contributed by atoms with Gasteiger partial charge in [-0.25, -0.2) is 0 Å². The van der Waals surface area contributed by atoms with Gasteiger partial charge in [-0.2, -0.15) is 12.6 Å². The number of hydrogen-bond acceptors (Lipinski definition) is 16. The molecular weight excluding hydrogens is 1180 g/mol. The highest BCUT2D eigenvalue weighted by molar-refractivity contribution is 7.80. The van der Waals surface area contributed by atoms with Crippen LogP contribution in [0.1, 0.15) is 70.9 Å². The van der Waals surface area contributed by atoms with E-state index in [-0.39, 0.29) is 50.4 Å². The lowest BCUT2D eigenvalue weighted by Gasteiger charge is -2.33. The minimum absolute atomic E-state index is 0.00642. The zero-order chi connectivity index (χ0) is 66.8. The van der Waals surface area contributed by atoms with Gasteiger partial charge in [0.1, 0.15) is 36.3 Å². The SMILES string of the molecule is CCC(=O)N[C@H](Cc1c[nH]c2ccccc12)C(=O)N(C)[C@H](C)C(=O)N[C@@H](CC(=O)O)C(=O)C[C@@H](C(=O)N(C)[C@@H](CO)C(=O)NCC(=O)N[C@@H](CCCN=C(N)N)C(=O)N(C)[C@H](Cc1ccccc1)C(=O)N(C)CC(=O)N[C@@H](CS)C(=O)NCC(N)=O)C(C)C. The van der Waals surface area contributed by atoms with Crippen LogP contribution in [0.2, 0.25) is 0 Å². The smallest absolute Gasteiger partial charge is 0.305 e. The molecule has 2 aromatic carbocycles. The van der Waals surface area contributed by atoms with Crippen molar-refractivity contribution >= 4 is 106 Å². The Morgan fingerprint density at radius 1 is 0.640 bits per heavy atom. The van der Waals surface area contributed by atoms with Crippen molar-refractivity contribution in [3.05, 3.63) is 71.9 Å². The molecule has 0 aliphatic heterocycles. The summed E-state index contributed by atoms with van der Waals surface area (Å²) in [6.07, 6.45) is 0.157. The van der Waals surface area contributed by atoms with E-state index >= 15 is 0 Å². The van der Waals surface area contributed by atoms with Crippen molar-refractivity contribution in [1.29, 1.82) is 0 Å². The fraction of sp³-hybridized carbons (Fsp3) is 0.517. The number of carboxylic acids is 1. The third-order valence-corrected chi connectivity index (χ3v) is 15.0. The standard InChI is InChI=1S/C58H85N15O15S/c1-9-47(77)67-41(23-35-26-63-38-19-14-13-18-36(35)38)56(87)71(6)33(4)51(82)69-40(25-50(80)81)45(75)24-37(32(2)3)54(85)73(8)44(30-74)53(84)65-28-48(78)66-39(20-15-21-62-58(60)61)55(86)72(7)43(22-34-16-11-10-12-17-34)57(88)70(5)29-49(79)68-42(31-89)52(83)64-27-46(59)76/h10-14,16-19,26,32-33,37,39-44,63,74,89H,9,15,20-25,27-31H2,1-8H3,(H2,59,76)(H,64,83)(H,65,84)(H,66,78)(H,67,77)(H,68,79)(H,69,82)(H,80,81)(H4,60,61,62)/t33-,37-,39+,40+,41-,42+,43-,44+/m1/s1. The molecule has 0 saturated carbocycles. The molecule has 0 aliphatic carbocycles. The zero-order valence-electron chi connectivity index (χ0n) is 51.3. The molecule has 0 unspecified atom stereocenters. The number of carbonyl (C=O) groups is 13. The molecule has 488 valence electrons. The van der Waals surface area contributed by atoms with E-state index in [1.165, 1.54) is 28.1 Å². The largest absolute Gasteiger partial charge is 0.481 e.